The highest BCUT2D eigenvalue weighted by Crippen LogP contribution is 2.15. The molecule has 1 aromatic heterocycles. The third-order valence-corrected chi connectivity index (χ3v) is 4.46. The van der Waals surface area contributed by atoms with Crippen molar-refractivity contribution in [2.75, 3.05) is 6.54 Å². The van der Waals surface area contributed by atoms with Gasteiger partial charge < -0.3 is 10.3 Å². The summed E-state index contributed by atoms with van der Waals surface area (Å²) >= 11 is 0. The van der Waals surface area contributed by atoms with Crippen LogP contribution >= 0.6 is 0 Å². The summed E-state index contributed by atoms with van der Waals surface area (Å²) in [5.41, 5.74) is 5.91. The maximum absolute atomic E-state index is 13.8. The second-order valence-corrected chi connectivity index (χ2v) is 6.21. The first-order valence-corrected chi connectivity index (χ1v) is 7.73. The number of hydrogen-bond donors (Lipinski definition) is 2. The first-order chi connectivity index (χ1) is 9.94. The quantitative estimate of drug-likeness (QED) is 0.777. The van der Waals surface area contributed by atoms with Crippen molar-refractivity contribution in [1.82, 2.24) is 19.5 Å². The number of nitrogens with two attached hydrogens (primary N) is 1. The highest BCUT2D eigenvalue weighted by Gasteiger charge is 2.19. The summed E-state index contributed by atoms with van der Waals surface area (Å²) in [5, 5.41) is 7.53. The highest BCUT2D eigenvalue weighted by molar-refractivity contribution is 7.89. The molecule has 21 heavy (non-hydrogen) atoms. The van der Waals surface area contributed by atoms with Gasteiger partial charge in [-0.3, -0.25) is 0 Å². The molecule has 1 aromatic carbocycles. The minimum Gasteiger partial charge on any atom is -0.326 e. The van der Waals surface area contributed by atoms with Crippen LogP contribution in [-0.2, 0) is 30.0 Å². The van der Waals surface area contributed by atoms with E-state index in [9.17, 15) is 12.8 Å². The summed E-state index contributed by atoms with van der Waals surface area (Å²) in [5.74, 6) is -0.180. The third-order valence-electron chi connectivity index (χ3n) is 2.97. The Morgan fingerprint density at radius 2 is 2.19 bits per heavy atom. The molecule has 0 radical (unpaired) electrons. The summed E-state index contributed by atoms with van der Waals surface area (Å²) in [6.07, 6.45) is 1.88. The van der Waals surface area contributed by atoms with Crippen molar-refractivity contribution in [3.8, 4) is 0 Å². The van der Waals surface area contributed by atoms with Gasteiger partial charge >= 0.3 is 0 Å². The molecule has 3 N–H and O–H groups in total. The lowest BCUT2D eigenvalue weighted by atomic mass is 10.2. The smallest absolute Gasteiger partial charge is 0.243 e. The largest absolute Gasteiger partial charge is 0.326 e. The van der Waals surface area contributed by atoms with E-state index in [-0.39, 0.29) is 13.1 Å². The normalized spacial score (nSPS) is 11.8. The van der Waals surface area contributed by atoms with E-state index < -0.39 is 20.7 Å². The van der Waals surface area contributed by atoms with Crippen molar-refractivity contribution in [2.24, 2.45) is 12.8 Å². The topological polar surface area (TPSA) is 103 Å². The summed E-state index contributed by atoms with van der Waals surface area (Å²) in [4.78, 5) is -0.391. The van der Waals surface area contributed by atoms with E-state index in [0.29, 0.717) is 17.8 Å². The molecular weight excluding hydrogens is 297 g/mol. The Bertz CT molecular complexity index is 729. The molecule has 0 unspecified atom stereocenters. The van der Waals surface area contributed by atoms with Crippen molar-refractivity contribution in [3.05, 3.63) is 41.7 Å². The van der Waals surface area contributed by atoms with Crippen LogP contribution in [0.5, 0.6) is 0 Å². The Labute approximate surface area is 122 Å². The zero-order chi connectivity index (χ0) is 15.5. The Balaban J connectivity index is 2.06. The van der Waals surface area contributed by atoms with E-state index in [0.717, 1.165) is 6.07 Å². The van der Waals surface area contributed by atoms with Gasteiger partial charge in [0.1, 0.15) is 22.9 Å². The van der Waals surface area contributed by atoms with E-state index in [1.54, 1.807) is 11.6 Å². The number of nitrogens with zero attached hydrogens (tertiary/aromatic N) is 3. The SMILES string of the molecule is Cn1cnnc1CCNS(=O)(=O)c1ccc(CN)cc1F. The Morgan fingerprint density at radius 1 is 1.43 bits per heavy atom. The number of aromatic nitrogens is 3. The first kappa shape index (κ1) is 15.5. The van der Waals surface area contributed by atoms with Crippen LogP contribution in [0.25, 0.3) is 0 Å². The van der Waals surface area contributed by atoms with E-state index in [2.05, 4.69) is 14.9 Å². The van der Waals surface area contributed by atoms with E-state index >= 15 is 0 Å². The van der Waals surface area contributed by atoms with Crippen LogP contribution in [-0.4, -0.2) is 29.7 Å². The van der Waals surface area contributed by atoms with Gasteiger partial charge in [-0.15, -0.1) is 10.2 Å². The molecule has 114 valence electrons. The van der Waals surface area contributed by atoms with Crippen molar-refractivity contribution in [1.29, 1.82) is 0 Å². The lowest BCUT2D eigenvalue weighted by Gasteiger charge is -2.08. The molecule has 2 aromatic rings. The number of halogens is 1. The minimum atomic E-state index is -3.91. The fraction of sp³-hybridized carbons (Fsp3) is 0.333. The first-order valence-electron chi connectivity index (χ1n) is 6.25. The van der Waals surface area contributed by atoms with Crippen LogP contribution in [0.3, 0.4) is 0 Å². The van der Waals surface area contributed by atoms with Crippen molar-refractivity contribution < 1.29 is 12.8 Å². The van der Waals surface area contributed by atoms with Gasteiger partial charge in [-0.1, -0.05) is 6.07 Å². The van der Waals surface area contributed by atoms with Gasteiger partial charge in [0.05, 0.1) is 0 Å². The van der Waals surface area contributed by atoms with Gasteiger partial charge in [0.15, 0.2) is 0 Å². The average molecular weight is 313 g/mol. The molecule has 7 nitrogen and oxygen atoms in total. The molecule has 0 aliphatic carbocycles. The minimum absolute atomic E-state index is 0.104. The average Bonchev–Trinajstić information content (AvgIpc) is 2.83. The number of hydrogen-bond acceptors (Lipinski definition) is 5. The molecule has 2 rings (SSSR count). The summed E-state index contributed by atoms with van der Waals surface area (Å²) in [6.45, 7) is 0.254. The van der Waals surface area contributed by atoms with Crippen molar-refractivity contribution >= 4 is 10.0 Å². The van der Waals surface area contributed by atoms with Gasteiger partial charge in [-0.25, -0.2) is 17.5 Å². The molecular formula is C12H16FN5O2S. The Hall–Kier alpha value is -1.84. The fourth-order valence-electron chi connectivity index (χ4n) is 1.80. The van der Waals surface area contributed by atoms with Crippen LogP contribution in [0.15, 0.2) is 29.4 Å². The van der Waals surface area contributed by atoms with Crippen molar-refractivity contribution in [3.63, 3.8) is 0 Å². The predicted molar refractivity (Wildman–Crippen MR) is 74.2 cm³/mol. The number of nitrogens with one attached hydrogen (secondary N) is 1. The van der Waals surface area contributed by atoms with Gasteiger partial charge in [0, 0.05) is 26.6 Å². The predicted octanol–water partition coefficient (Wildman–Crippen LogP) is -0.0661. The molecule has 0 aliphatic heterocycles. The molecule has 0 aliphatic rings. The summed E-state index contributed by atoms with van der Waals surface area (Å²) < 4.78 is 41.9. The molecule has 0 spiro atoms. The number of benzene rings is 1. The molecule has 0 saturated heterocycles. The van der Waals surface area contributed by atoms with E-state index in [1.807, 2.05) is 0 Å². The monoisotopic (exact) mass is 313 g/mol. The van der Waals surface area contributed by atoms with Gasteiger partial charge in [0.25, 0.3) is 0 Å². The van der Waals surface area contributed by atoms with Gasteiger partial charge in [0.2, 0.25) is 10.0 Å². The maximum atomic E-state index is 13.8. The molecule has 0 bridgehead atoms. The van der Waals surface area contributed by atoms with E-state index in [1.165, 1.54) is 18.5 Å². The summed E-state index contributed by atoms with van der Waals surface area (Å²) in [7, 11) is -2.15. The Kier molecular flexibility index (Phi) is 4.66. The Morgan fingerprint density at radius 3 is 2.76 bits per heavy atom. The number of rotatable bonds is 6. The second kappa shape index (κ2) is 6.29. The van der Waals surface area contributed by atoms with Gasteiger partial charge in [-0.2, -0.15) is 0 Å². The van der Waals surface area contributed by atoms with Gasteiger partial charge in [-0.05, 0) is 17.7 Å². The molecule has 9 heteroatoms. The second-order valence-electron chi connectivity index (χ2n) is 4.47. The van der Waals surface area contributed by atoms with Crippen LogP contribution in [0.4, 0.5) is 4.39 Å². The number of aryl methyl sites for hydroxylation is 1. The lowest BCUT2D eigenvalue weighted by molar-refractivity contribution is 0.555. The van der Waals surface area contributed by atoms with Crippen molar-refractivity contribution in [2.45, 2.75) is 17.9 Å². The molecule has 1 heterocycles. The molecule has 0 fully saturated rings. The zero-order valence-corrected chi connectivity index (χ0v) is 12.3. The molecule has 0 atom stereocenters. The van der Waals surface area contributed by atoms with E-state index in [4.69, 9.17) is 5.73 Å². The van der Waals surface area contributed by atoms with Crippen LogP contribution in [0, 0.1) is 5.82 Å². The van der Waals surface area contributed by atoms with Crippen LogP contribution in [0.1, 0.15) is 11.4 Å². The standard InChI is InChI=1S/C12H16FN5O2S/c1-18-8-15-17-12(18)4-5-16-21(19,20)11-3-2-9(7-14)6-10(11)13/h2-3,6,8,16H,4-5,7,14H2,1H3. The van der Waals surface area contributed by atoms with Crippen LogP contribution < -0.4 is 10.5 Å². The van der Waals surface area contributed by atoms with Crippen LogP contribution in [0.2, 0.25) is 0 Å². The number of sulfonamides is 1. The molecule has 0 saturated carbocycles. The lowest BCUT2D eigenvalue weighted by Crippen LogP contribution is -2.27. The zero-order valence-electron chi connectivity index (χ0n) is 11.5. The highest BCUT2D eigenvalue weighted by atomic mass is 32.2. The third kappa shape index (κ3) is 3.63. The summed E-state index contributed by atoms with van der Waals surface area (Å²) in [6, 6.07) is 3.82. The fourth-order valence-corrected chi connectivity index (χ4v) is 2.89. The molecule has 0 amide bonds. The maximum Gasteiger partial charge on any atom is 0.243 e.